The average molecular weight is 562 g/mol. The van der Waals surface area contributed by atoms with Crippen LogP contribution in [0.5, 0.6) is 23.0 Å². The average Bonchev–Trinajstić information content (AvgIpc) is 3.00. The molecule has 41 heavy (non-hydrogen) atoms. The van der Waals surface area contributed by atoms with Gasteiger partial charge in [0.15, 0.2) is 11.5 Å². The molecule has 0 saturated heterocycles. The third kappa shape index (κ3) is 8.38. The highest BCUT2D eigenvalue weighted by Crippen LogP contribution is 2.38. The highest BCUT2D eigenvalue weighted by Gasteiger charge is 2.18. The number of carbonyl (C=O) groups is 2. The number of hydrogen-bond donors (Lipinski definition) is 2. The molecule has 2 amide bonds. The van der Waals surface area contributed by atoms with E-state index in [1.165, 1.54) is 0 Å². The van der Waals surface area contributed by atoms with Gasteiger partial charge in [0.25, 0.3) is 5.91 Å². The summed E-state index contributed by atoms with van der Waals surface area (Å²) in [4.78, 5) is 28.0. The van der Waals surface area contributed by atoms with Crippen molar-refractivity contribution in [1.82, 2.24) is 15.5 Å². The quantitative estimate of drug-likeness (QED) is 0.423. The summed E-state index contributed by atoms with van der Waals surface area (Å²) in [7, 11) is 4.66. The van der Waals surface area contributed by atoms with Crippen LogP contribution in [0.15, 0.2) is 60.7 Å². The topological polar surface area (TPSA) is 98.4 Å². The molecule has 9 nitrogen and oxygen atoms in total. The fourth-order valence-electron chi connectivity index (χ4n) is 4.81. The van der Waals surface area contributed by atoms with Crippen LogP contribution < -0.4 is 29.6 Å². The number of amides is 2. The molecule has 0 bridgehead atoms. The maximum absolute atomic E-state index is 13.2. The van der Waals surface area contributed by atoms with Crippen molar-refractivity contribution in [2.75, 3.05) is 41.0 Å². The molecule has 1 aliphatic heterocycles. The molecule has 218 valence electrons. The summed E-state index contributed by atoms with van der Waals surface area (Å²) >= 11 is 0. The SMILES string of the molecule is COc1cc(CNC(=O)c2ccc3c(c2)OCCCCCNC(=O)CN(Cc2ccccc2)C3)cc(OC)c1OC. The first kappa shape index (κ1) is 29.7. The number of fused-ring (bicyclic) bond motifs is 1. The van der Waals surface area contributed by atoms with Crippen molar-refractivity contribution in [2.24, 2.45) is 0 Å². The molecule has 0 fully saturated rings. The lowest BCUT2D eigenvalue weighted by atomic mass is 10.1. The van der Waals surface area contributed by atoms with Crippen molar-refractivity contribution in [2.45, 2.75) is 38.9 Å². The molecule has 0 saturated carbocycles. The van der Waals surface area contributed by atoms with Gasteiger partial charge in [-0.15, -0.1) is 0 Å². The van der Waals surface area contributed by atoms with Gasteiger partial charge in [0.05, 0.1) is 34.5 Å². The van der Waals surface area contributed by atoms with Gasteiger partial charge in [-0.05, 0) is 54.7 Å². The minimum atomic E-state index is -0.228. The Balaban J connectivity index is 1.53. The summed E-state index contributed by atoms with van der Waals surface area (Å²) in [6.07, 6.45) is 2.70. The zero-order valence-electron chi connectivity index (χ0n) is 24.0. The molecule has 0 unspecified atom stereocenters. The lowest BCUT2D eigenvalue weighted by molar-refractivity contribution is -0.122. The molecular formula is C32H39N3O6. The van der Waals surface area contributed by atoms with Gasteiger partial charge in [0, 0.05) is 37.3 Å². The van der Waals surface area contributed by atoms with Crippen LogP contribution in [0.25, 0.3) is 0 Å². The highest BCUT2D eigenvalue weighted by atomic mass is 16.5. The summed E-state index contributed by atoms with van der Waals surface area (Å²) in [6.45, 7) is 2.85. The Labute approximate surface area is 241 Å². The number of carbonyl (C=O) groups excluding carboxylic acids is 2. The van der Waals surface area contributed by atoms with E-state index in [2.05, 4.69) is 27.7 Å². The number of nitrogens with zero attached hydrogens (tertiary/aromatic N) is 1. The Hall–Kier alpha value is -4.24. The molecule has 0 radical (unpaired) electrons. The molecule has 0 atom stereocenters. The van der Waals surface area contributed by atoms with E-state index < -0.39 is 0 Å². The van der Waals surface area contributed by atoms with Crippen molar-refractivity contribution < 1.29 is 28.5 Å². The molecule has 0 spiro atoms. The number of ether oxygens (including phenoxy) is 4. The van der Waals surface area contributed by atoms with E-state index in [1.54, 1.807) is 33.5 Å². The predicted octanol–water partition coefficient (Wildman–Crippen LogP) is 4.32. The standard InChI is InChI=1S/C32H39N3O6/c1-38-28-16-24(17-29(39-2)31(28)40-3)19-34-32(37)25-12-13-26-21-35(20-23-10-6-4-7-11-23)22-30(36)33-14-8-5-9-15-41-27(26)18-25/h4,6-7,10-13,16-18H,5,8-9,14-15,19-22H2,1-3H3,(H,33,36)(H,34,37). The zero-order valence-corrected chi connectivity index (χ0v) is 24.0. The Morgan fingerprint density at radius 3 is 2.37 bits per heavy atom. The van der Waals surface area contributed by atoms with Crippen molar-refractivity contribution in [3.63, 3.8) is 0 Å². The van der Waals surface area contributed by atoms with Crippen LogP contribution in [0, 0.1) is 0 Å². The number of benzene rings is 3. The van der Waals surface area contributed by atoms with E-state index >= 15 is 0 Å². The van der Waals surface area contributed by atoms with Crippen LogP contribution in [0.4, 0.5) is 0 Å². The van der Waals surface area contributed by atoms with Gasteiger partial charge in [0.2, 0.25) is 11.7 Å². The molecule has 0 aromatic heterocycles. The smallest absolute Gasteiger partial charge is 0.251 e. The molecule has 0 aliphatic carbocycles. The third-order valence-corrected chi connectivity index (χ3v) is 6.92. The third-order valence-electron chi connectivity index (χ3n) is 6.92. The van der Waals surface area contributed by atoms with Gasteiger partial charge in [-0.1, -0.05) is 36.4 Å². The van der Waals surface area contributed by atoms with Crippen molar-refractivity contribution >= 4 is 11.8 Å². The molecule has 9 heteroatoms. The van der Waals surface area contributed by atoms with E-state index in [4.69, 9.17) is 18.9 Å². The molecule has 3 aromatic carbocycles. The minimum Gasteiger partial charge on any atom is -0.493 e. The summed E-state index contributed by atoms with van der Waals surface area (Å²) in [5.41, 5.74) is 3.35. The largest absolute Gasteiger partial charge is 0.493 e. The lowest BCUT2D eigenvalue weighted by Gasteiger charge is -2.23. The van der Waals surface area contributed by atoms with Gasteiger partial charge in [-0.25, -0.2) is 0 Å². The molecular weight excluding hydrogens is 522 g/mol. The van der Waals surface area contributed by atoms with E-state index in [1.807, 2.05) is 36.4 Å². The number of methoxy groups -OCH3 is 3. The monoisotopic (exact) mass is 561 g/mol. The van der Waals surface area contributed by atoms with Crippen molar-refractivity contribution in [3.05, 3.63) is 82.9 Å². The van der Waals surface area contributed by atoms with Crippen LogP contribution in [-0.4, -0.2) is 57.7 Å². The molecule has 3 aromatic rings. The number of rotatable bonds is 8. The van der Waals surface area contributed by atoms with Gasteiger partial charge < -0.3 is 29.6 Å². The van der Waals surface area contributed by atoms with Gasteiger partial charge in [-0.2, -0.15) is 0 Å². The van der Waals surface area contributed by atoms with Gasteiger partial charge in [0.1, 0.15) is 5.75 Å². The van der Waals surface area contributed by atoms with Crippen LogP contribution in [0.1, 0.15) is 46.3 Å². The fourth-order valence-corrected chi connectivity index (χ4v) is 4.81. The van der Waals surface area contributed by atoms with Gasteiger partial charge in [-0.3, -0.25) is 14.5 Å². The van der Waals surface area contributed by atoms with E-state index in [0.29, 0.717) is 54.8 Å². The number of nitrogens with one attached hydrogen (secondary N) is 2. The second-order valence-corrected chi connectivity index (χ2v) is 9.93. The molecule has 1 heterocycles. The van der Waals surface area contributed by atoms with Gasteiger partial charge >= 0.3 is 0 Å². The summed E-state index contributed by atoms with van der Waals surface area (Å²) in [5, 5.41) is 6.01. The van der Waals surface area contributed by atoms with E-state index in [9.17, 15) is 9.59 Å². The Morgan fingerprint density at radius 2 is 1.66 bits per heavy atom. The normalized spacial score (nSPS) is 14.7. The first-order valence-electron chi connectivity index (χ1n) is 13.9. The van der Waals surface area contributed by atoms with Crippen molar-refractivity contribution in [1.29, 1.82) is 0 Å². The second kappa shape index (κ2) is 14.9. The molecule has 1 aliphatic rings. The van der Waals surface area contributed by atoms with Crippen LogP contribution >= 0.6 is 0 Å². The number of hydrogen-bond acceptors (Lipinski definition) is 7. The van der Waals surface area contributed by atoms with Crippen LogP contribution in [-0.2, 0) is 24.4 Å². The minimum absolute atomic E-state index is 0.00503. The van der Waals surface area contributed by atoms with Crippen LogP contribution in [0.2, 0.25) is 0 Å². The van der Waals surface area contributed by atoms with Crippen LogP contribution in [0.3, 0.4) is 0 Å². The highest BCUT2D eigenvalue weighted by molar-refractivity contribution is 5.94. The summed E-state index contributed by atoms with van der Waals surface area (Å²) in [6, 6.07) is 19.2. The van der Waals surface area contributed by atoms with E-state index in [0.717, 1.165) is 36.0 Å². The second-order valence-electron chi connectivity index (χ2n) is 9.93. The predicted molar refractivity (Wildman–Crippen MR) is 157 cm³/mol. The zero-order chi connectivity index (χ0) is 29.0. The summed E-state index contributed by atoms with van der Waals surface area (Å²) < 4.78 is 22.5. The first-order chi connectivity index (χ1) is 20.0. The summed E-state index contributed by atoms with van der Waals surface area (Å²) in [5.74, 6) is 1.97. The fraction of sp³-hybridized carbons (Fsp3) is 0.375. The Kier molecular flexibility index (Phi) is 10.8. The van der Waals surface area contributed by atoms with E-state index in [-0.39, 0.29) is 24.9 Å². The Morgan fingerprint density at radius 1 is 0.902 bits per heavy atom. The Bertz CT molecular complexity index is 1290. The lowest BCUT2D eigenvalue weighted by Crippen LogP contribution is -2.37. The maximum Gasteiger partial charge on any atom is 0.251 e. The first-order valence-corrected chi connectivity index (χ1v) is 13.9. The molecule has 2 N–H and O–H groups in total. The molecule has 4 rings (SSSR count). The van der Waals surface area contributed by atoms with Crippen molar-refractivity contribution in [3.8, 4) is 23.0 Å². The maximum atomic E-state index is 13.2.